The third-order valence-corrected chi connectivity index (χ3v) is 11.3. The molecule has 2 atom stereocenters. The first kappa shape index (κ1) is 24.2. The summed E-state index contributed by atoms with van der Waals surface area (Å²) in [4.78, 5) is 24.6. The number of allylic oxidation sites excluding steroid dienone is 4. The number of carbonyl (C=O) groups is 2. The molecule has 0 bridgehead atoms. The number of pyridine rings is 2. The molecule has 4 aliphatic rings. The van der Waals surface area contributed by atoms with Crippen LogP contribution in [0.5, 0.6) is 0 Å². The van der Waals surface area contributed by atoms with Crippen LogP contribution in [0.4, 0.5) is 0 Å². The molecule has 1 saturated carbocycles. The van der Waals surface area contributed by atoms with Crippen LogP contribution in [0.2, 0.25) is 0 Å². The molecule has 2 aliphatic carbocycles. The summed E-state index contributed by atoms with van der Waals surface area (Å²) < 4.78 is 3.08. The summed E-state index contributed by atoms with van der Waals surface area (Å²) >= 11 is 3.84. The normalized spacial score (nSPS) is 26.0. The minimum absolute atomic E-state index is 0.0465. The van der Waals surface area contributed by atoms with E-state index < -0.39 is 11.9 Å². The molecule has 1 fully saturated rings. The van der Waals surface area contributed by atoms with Crippen LogP contribution in [0.3, 0.4) is 0 Å². The van der Waals surface area contributed by atoms with Gasteiger partial charge < -0.3 is 10.2 Å². The average molecular weight is 533 g/mol. The Bertz CT molecular complexity index is 1360. The molecule has 0 amide bonds. The Morgan fingerprint density at radius 3 is 1.49 bits per heavy atom. The first-order chi connectivity index (χ1) is 17.7. The second kappa shape index (κ2) is 8.74. The molecule has 0 spiro atoms. The molecule has 2 aliphatic heterocycles. The van der Waals surface area contributed by atoms with Gasteiger partial charge in [0.25, 0.3) is 0 Å². The number of aromatic nitrogens is 2. The van der Waals surface area contributed by atoms with Crippen molar-refractivity contribution in [3.05, 3.63) is 94.6 Å². The van der Waals surface area contributed by atoms with Gasteiger partial charge >= 0.3 is 11.9 Å². The Kier molecular flexibility index (Phi) is 5.73. The lowest BCUT2D eigenvalue weighted by molar-refractivity contribution is -0.685. The van der Waals surface area contributed by atoms with Crippen molar-refractivity contribution in [3.8, 4) is 0 Å². The van der Waals surface area contributed by atoms with Crippen LogP contribution >= 0.6 is 23.5 Å². The number of rotatable bonds is 6. The zero-order valence-corrected chi connectivity index (χ0v) is 22.4. The van der Waals surface area contributed by atoms with Gasteiger partial charge in [-0.15, -0.1) is 23.5 Å². The Morgan fingerprint density at radius 2 is 1.14 bits per heavy atom. The summed E-state index contributed by atoms with van der Waals surface area (Å²) in [6, 6.07) is 8.06. The minimum atomic E-state index is -0.852. The highest BCUT2D eigenvalue weighted by Crippen LogP contribution is 2.70. The van der Waals surface area contributed by atoms with Crippen LogP contribution in [0.1, 0.15) is 44.2 Å². The second-order valence-corrected chi connectivity index (χ2v) is 13.2. The molecular formula is C29H28N2O4S2+2. The third-order valence-electron chi connectivity index (χ3n) is 7.97. The summed E-state index contributed by atoms with van der Waals surface area (Å²) in [7, 11) is 0. The van der Waals surface area contributed by atoms with Crippen LogP contribution in [-0.4, -0.2) is 31.6 Å². The smallest absolute Gasteiger partial charge is 0.370 e. The molecular weight excluding hydrogens is 504 g/mol. The van der Waals surface area contributed by atoms with Crippen LogP contribution in [0.25, 0.3) is 9.81 Å². The Morgan fingerprint density at radius 1 is 0.757 bits per heavy atom. The van der Waals surface area contributed by atoms with Gasteiger partial charge in [-0.2, -0.15) is 9.13 Å². The third kappa shape index (κ3) is 3.89. The van der Waals surface area contributed by atoms with Crippen LogP contribution < -0.4 is 9.13 Å². The zero-order valence-electron chi connectivity index (χ0n) is 20.7. The summed E-state index contributed by atoms with van der Waals surface area (Å²) in [5.41, 5.74) is 8.09. The predicted octanol–water partition coefficient (Wildman–Crippen LogP) is 4.61. The quantitative estimate of drug-likeness (QED) is 0.529. The molecule has 8 heteroatoms. The molecule has 0 radical (unpaired) electrons. The van der Waals surface area contributed by atoms with E-state index in [4.69, 9.17) is 10.2 Å². The number of carboxylic acid groups (broad SMARTS) is 2. The monoisotopic (exact) mass is 532 g/mol. The highest BCUT2D eigenvalue weighted by Gasteiger charge is 2.59. The van der Waals surface area contributed by atoms with Gasteiger partial charge in [0.1, 0.15) is 0 Å². The van der Waals surface area contributed by atoms with E-state index >= 15 is 0 Å². The van der Waals surface area contributed by atoms with Crippen molar-refractivity contribution in [2.75, 3.05) is 0 Å². The molecule has 37 heavy (non-hydrogen) atoms. The standard InChI is InChI=1S/C29H26N2O4S2/c1-28-22(14-24(36-28)18-6-10-30(11-7-18)16-26(32)33)20-4-3-5-21(20)23-15-25(37-29(23,28)2)19-8-12-31(13-9-19)17-27(34)35/h6-15H,3-5,16-17H2,1-2H3/p+2. The fraction of sp³-hybridized carbons (Fsp3) is 0.310. The summed E-state index contributed by atoms with van der Waals surface area (Å²) in [6.07, 6.45) is 15.5. The van der Waals surface area contributed by atoms with E-state index in [0.29, 0.717) is 0 Å². The number of carboxylic acids is 2. The summed E-state index contributed by atoms with van der Waals surface area (Å²) in [5, 5.41) is 18.2. The number of hydrogen-bond donors (Lipinski definition) is 2. The Labute approximate surface area is 224 Å². The van der Waals surface area contributed by atoms with Gasteiger partial charge in [-0.3, -0.25) is 0 Å². The van der Waals surface area contributed by atoms with Crippen LogP contribution in [0.15, 0.2) is 83.5 Å². The van der Waals surface area contributed by atoms with Crippen molar-refractivity contribution < 1.29 is 28.9 Å². The maximum Gasteiger partial charge on any atom is 0.370 e. The molecule has 6 nitrogen and oxygen atoms in total. The zero-order chi connectivity index (χ0) is 25.9. The first-order valence-electron chi connectivity index (χ1n) is 12.4. The molecule has 0 saturated heterocycles. The molecule has 2 aromatic heterocycles. The molecule has 4 heterocycles. The molecule has 2 N–H and O–H groups in total. The fourth-order valence-electron chi connectivity index (χ4n) is 5.99. The number of hydrogen-bond acceptors (Lipinski definition) is 4. The van der Waals surface area contributed by atoms with Gasteiger partial charge in [-0.05, 0) is 78.7 Å². The molecule has 6 rings (SSSR count). The van der Waals surface area contributed by atoms with Gasteiger partial charge in [0.05, 0.1) is 9.49 Å². The molecule has 0 aromatic carbocycles. The maximum atomic E-state index is 11.1. The highest BCUT2D eigenvalue weighted by molar-refractivity contribution is 8.14. The van der Waals surface area contributed by atoms with Crippen molar-refractivity contribution in [2.24, 2.45) is 0 Å². The van der Waals surface area contributed by atoms with Crippen LogP contribution in [-0.2, 0) is 22.7 Å². The second-order valence-electron chi connectivity index (χ2n) is 10.2. The number of fused-ring (bicyclic) bond motifs is 4. The summed E-state index contributed by atoms with van der Waals surface area (Å²) in [6.45, 7) is 4.66. The van der Waals surface area contributed by atoms with Crippen molar-refractivity contribution in [1.29, 1.82) is 0 Å². The lowest BCUT2D eigenvalue weighted by atomic mass is 9.72. The lowest BCUT2D eigenvalue weighted by Crippen LogP contribution is -2.47. The minimum Gasteiger partial charge on any atom is -0.477 e. The maximum absolute atomic E-state index is 11.1. The topological polar surface area (TPSA) is 82.4 Å². The van der Waals surface area contributed by atoms with Gasteiger partial charge in [-0.1, -0.05) is 0 Å². The van der Waals surface area contributed by atoms with Gasteiger partial charge in [-0.25, -0.2) is 9.59 Å². The summed E-state index contributed by atoms with van der Waals surface area (Å²) in [5.74, 6) is -1.70. The van der Waals surface area contributed by atoms with Crippen molar-refractivity contribution >= 4 is 45.3 Å². The largest absolute Gasteiger partial charge is 0.477 e. The highest BCUT2D eigenvalue weighted by atomic mass is 32.2. The molecule has 2 aromatic rings. The van der Waals surface area contributed by atoms with E-state index in [-0.39, 0.29) is 22.6 Å². The fourth-order valence-corrected chi connectivity index (χ4v) is 9.18. The number of nitrogens with zero attached hydrogens (tertiary/aromatic N) is 2. The predicted molar refractivity (Wildman–Crippen MR) is 144 cm³/mol. The van der Waals surface area contributed by atoms with Gasteiger partial charge in [0.15, 0.2) is 24.8 Å². The van der Waals surface area contributed by atoms with E-state index in [0.717, 1.165) is 24.0 Å². The van der Waals surface area contributed by atoms with Crippen molar-refractivity contribution in [2.45, 2.75) is 55.7 Å². The number of aliphatic carboxylic acids is 2. The molecule has 188 valence electrons. The van der Waals surface area contributed by atoms with E-state index in [1.165, 1.54) is 38.5 Å². The molecule has 2 unspecified atom stereocenters. The van der Waals surface area contributed by atoms with E-state index in [1.54, 1.807) is 9.13 Å². The Hall–Kier alpha value is -3.10. The van der Waals surface area contributed by atoms with E-state index in [2.05, 4.69) is 26.0 Å². The van der Waals surface area contributed by atoms with E-state index in [1.807, 2.05) is 72.6 Å². The first-order valence-corrected chi connectivity index (χ1v) is 14.0. The van der Waals surface area contributed by atoms with Crippen LogP contribution in [0, 0.1) is 0 Å². The van der Waals surface area contributed by atoms with E-state index in [9.17, 15) is 9.59 Å². The number of thioether (sulfide) groups is 2. The van der Waals surface area contributed by atoms with Gasteiger partial charge in [0, 0.05) is 34.1 Å². The Balaban J connectivity index is 1.36. The van der Waals surface area contributed by atoms with Crippen molar-refractivity contribution in [3.63, 3.8) is 0 Å². The lowest BCUT2D eigenvalue weighted by Gasteiger charge is -2.47. The average Bonchev–Trinajstić information content (AvgIpc) is 3.55. The van der Waals surface area contributed by atoms with Gasteiger partial charge in [0.2, 0.25) is 13.1 Å². The van der Waals surface area contributed by atoms with Crippen molar-refractivity contribution in [1.82, 2.24) is 0 Å². The SMILES string of the molecule is CC12SC(c3cc[n+](CC(=O)O)cc3)=CC1=C1CCCC1=C1C=C(c3cc[n+](CC(=O)O)cc3)SC12C.